The highest BCUT2D eigenvalue weighted by Gasteiger charge is 2.20. The predicted molar refractivity (Wildman–Crippen MR) is 68.1 cm³/mol. The van der Waals surface area contributed by atoms with Crippen LogP contribution in [-0.2, 0) is 4.74 Å². The largest absolute Gasteiger partial charge is 0.375 e. The molecule has 1 N–H and O–H groups in total. The van der Waals surface area contributed by atoms with E-state index >= 15 is 0 Å². The first kappa shape index (κ1) is 12.6. The average Bonchev–Trinajstić information content (AvgIpc) is 2.38. The third-order valence-corrected chi connectivity index (χ3v) is 2.83. The van der Waals surface area contributed by atoms with Crippen molar-refractivity contribution in [2.75, 3.05) is 37.0 Å². The maximum Gasteiger partial charge on any atom is 0.276 e. The first-order valence-corrected chi connectivity index (χ1v) is 5.81. The van der Waals surface area contributed by atoms with Crippen molar-refractivity contribution in [3.05, 3.63) is 22.2 Å². The highest BCUT2D eigenvalue weighted by Crippen LogP contribution is 2.24. The number of hydrogen-bond acceptors (Lipinski definition) is 6. The SMILES string of the molecule is CNc1cc([N+](=O)[O-])cc(N2CCOC(C)C2)n1. The third-order valence-electron chi connectivity index (χ3n) is 2.83. The van der Waals surface area contributed by atoms with Crippen molar-refractivity contribution in [3.63, 3.8) is 0 Å². The molecule has 1 unspecified atom stereocenters. The average molecular weight is 252 g/mol. The van der Waals surface area contributed by atoms with E-state index < -0.39 is 4.92 Å². The molecule has 18 heavy (non-hydrogen) atoms. The standard InChI is InChI=1S/C11H16N4O3/c1-8-7-14(3-4-18-8)11-6-9(15(16)17)5-10(12-2)13-11/h5-6,8H,3-4,7H2,1-2H3,(H,12,13). The van der Waals surface area contributed by atoms with Crippen molar-refractivity contribution in [2.24, 2.45) is 0 Å². The fourth-order valence-corrected chi connectivity index (χ4v) is 1.92. The van der Waals surface area contributed by atoms with Gasteiger partial charge in [-0.25, -0.2) is 4.98 Å². The van der Waals surface area contributed by atoms with E-state index in [0.29, 0.717) is 31.3 Å². The molecule has 1 aliphatic heterocycles. The Kier molecular flexibility index (Phi) is 3.61. The Balaban J connectivity index is 2.31. The molecule has 0 spiro atoms. The Morgan fingerprint density at radius 3 is 3.00 bits per heavy atom. The molecule has 0 aliphatic carbocycles. The van der Waals surface area contributed by atoms with Crippen LogP contribution in [0, 0.1) is 10.1 Å². The van der Waals surface area contributed by atoms with Gasteiger partial charge in [0.15, 0.2) is 0 Å². The molecule has 1 atom stereocenters. The lowest BCUT2D eigenvalue weighted by Gasteiger charge is -2.32. The first-order valence-electron chi connectivity index (χ1n) is 5.81. The van der Waals surface area contributed by atoms with Gasteiger partial charge in [0.1, 0.15) is 11.6 Å². The van der Waals surface area contributed by atoms with E-state index in [1.54, 1.807) is 7.05 Å². The summed E-state index contributed by atoms with van der Waals surface area (Å²) in [5, 5.41) is 13.7. The molecule has 7 nitrogen and oxygen atoms in total. The van der Waals surface area contributed by atoms with Crippen LogP contribution in [0.4, 0.5) is 17.3 Å². The highest BCUT2D eigenvalue weighted by molar-refractivity contribution is 5.55. The van der Waals surface area contributed by atoms with Crippen LogP contribution in [0.5, 0.6) is 0 Å². The van der Waals surface area contributed by atoms with Crippen molar-refractivity contribution < 1.29 is 9.66 Å². The second kappa shape index (κ2) is 5.18. The number of rotatable bonds is 3. The number of morpholine rings is 1. The van der Waals surface area contributed by atoms with Crippen LogP contribution in [0.2, 0.25) is 0 Å². The summed E-state index contributed by atoms with van der Waals surface area (Å²) in [5.41, 5.74) is 0.0449. The molecule has 1 aliphatic rings. The zero-order valence-corrected chi connectivity index (χ0v) is 10.4. The van der Waals surface area contributed by atoms with Crippen molar-refractivity contribution in [1.29, 1.82) is 0 Å². The third kappa shape index (κ3) is 2.67. The molecule has 1 aromatic heterocycles. The molecule has 0 radical (unpaired) electrons. The van der Waals surface area contributed by atoms with Crippen LogP contribution in [0.3, 0.4) is 0 Å². The molecule has 0 saturated carbocycles. The fraction of sp³-hybridized carbons (Fsp3) is 0.545. The number of ether oxygens (including phenoxy) is 1. The van der Waals surface area contributed by atoms with Crippen LogP contribution >= 0.6 is 0 Å². The number of aromatic nitrogens is 1. The van der Waals surface area contributed by atoms with Gasteiger partial charge in [0.25, 0.3) is 5.69 Å². The summed E-state index contributed by atoms with van der Waals surface area (Å²) >= 11 is 0. The fourth-order valence-electron chi connectivity index (χ4n) is 1.92. The van der Waals surface area contributed by atoms with Crippen LogP contribution in [-0.4, -0.2) is 42.8 Å². The smallest absolute Gasteiger partial charge is 0.276 e. The van der Waals surface area contributed by atoms with E-state index in [1.807, 2.05) is 11.8 Å². The van der Waals surface area contributed by atoms with Gasteiger partial charge < -0.3 is 15.0 Å². The van der Waals surface area contributed by atoms with E-state index in [0.717, 1.165) is 0 Å². The van der Waals surface area contributed by atoms with Gasteiger partial charge in [-0.3, -0.25) is 10.1 Å². The van der Waals surface area contributed by atoms with Gasteiger partial charge in [-0.1, -0.05) is 0 Å². The zero-order chi connectivity index (χ0) is 13.1. The first-order chi connectivity index (χ1) is 8.60. The van der Waals surface area contributed by atoms with E-state index in [4.69, 9.17) is 4.74 Å². The lowest BCUT2D eigenvalue weighted by Crippen LogP contribution is -2.41. The molecule has 0 aromatic carbocycles. The van der Waals surface area contributed by atoms with E-state index in [9.17, 15) is 10.1 Å². The van der Waals surface area contributed by atoms with E-state index in [-0.39, 0.29) is 11.8 Å². The minimum Gasteiger partial charge on any atom is -0.375 e. The van der Waals surface area contributed by atoms with Gasteiger partial charge in [-0.2, -0.15) is 0 Å². The van der Waals surface area contributed by atoms with Gasteiger partial charge in [0.05, 0.1) is 29.8 Å². The Morgan fingerprint density at radius 2 is 2.39 bits per heavy atom. The van der Waals surface area contributed by atoms with Gasteiger partial charge in [-0.15, -0.1) is 0 Å². The van der Waals surface area contributed by atoms with Gasteiger partial charge >= 0.3 is 0 Å². The monoisotopic (exact) mass is 252 g/mol. The molecule has 0 amide bonds. The predicted octanol–water partition coefficient (Wildman–Crippen LogP) is 1.26. The van der Waals surface area contributed by atoms with Crippen LogP contribution in [0.1, 0.15) is 6.92 Å². The number of anilines is 2. The Bertz CT molecular complexity index is 452. The molecule has 7 heteroatoms. The normalized spacial score (nSPS) is 19.7. The summed E-state index contributed by atoms with van der Waals surface area (Å²) in [7, 11) is 1.69. The van der Waals surface area contributed by atoms with Crippen LogP contribution < -0.4 is 10.2 Å². The number of hydrogen-bond donors (Lipinski definition) is 1. The van der Waals surface area contributed by atoms with Crippen LogP contribution in [0.25, 0.3) is 0 Å². The van der Waals surface area contributed by atoms with Gasteiger partial charge in [0, 0.05) is 20.1 Å². The lowest BCUT2D eigenvalue weighted by atomic mass is 10.3. The summed E-state index contributed by atoms with van der Waals surface area (Å²) < 4.78 is 5.44. The molecule has 2 rings (SSSR count). The van der Waals surface area contributed by atoms with Gasteiger partial charge in [-0.05, 0) is 6.92 Å². The molecular weight excluding hydrogens is 236 g/mol. The minimum atomic E-state index is -0.407. The number of nitro groups is 1. The number of pyridine rings is 1. The molecule has 98 valence electrons. The maximum absolute atomic E-state index is 10.9. The number of nitrogens with one attached hydrogen (secondary N) is 1. The second-order valence-electron chi connectivity index (χ2n) is 4.20. The molecule has 1 aromatic rings. The Hall–Kier alpha value is -1.89. The van der Waals surface area contributed by atoms with E-state index in [1.165, 1.54) is 12.1 Å². The Labute approximate surface area is 105 Å². The molecule has 2 heterocycles. The Morgan fingerprint density at radius 1 is 1.61 bits per heavy atom. The maximum atomic E-state index is 10.9. The van der Waals surface area contributed by atoms with Crippen molar-refractivity contribution >= 4 is 17.3 Å². The number of nitrogens with zero attached hydrogens (tertiary/aromatic N) is 3. The summed E-state index contributed by atoms with van der Waals surface area (Å²) in [4.78, 5) is 16.8. The molecule has 1 saturated heterocycles. The summed E-state index contributed by atoms with van der Waals surface area (Å²) in [5.74, 6) is 1.11. The molecular formula is C11H16N4O3. The van der Waals surface area contributed by atoms with Gasteiger partial charge in [0.2, 0.25) is 0 Å². The summed E-state index contributed by atoms with van der Waals surface area (Å²) in [6.45, 7) is 3.97. The quantitative estimate of drug-likeness (QED) is 0.644. The summed E-state index contributed by atoms with van der Waals surface area (Å²) in [6.07, 6.45) is 0.109. The lowest BCUT2D eigenvalue weighted by molar-refractivity contribution is -0.384. The van der Waals surface area contributed by atoms with Crippen molar-refractivity contribution in [1.82, 2.24) is 4.98 Å². The minimum absolute atomic E-state index is 0.0449. The molecule has 1 fully saturated rings. The van der Waals surface area contributed by atoms with Crippen molar-refractivity contribution in [2.45, 2.75) is 13.0 Å². The topological polar surface area (TPSA) is 80.5 Å². The molecule has 0 bridgehead atoms. The summed E-state index contributed by atoms with van der Waals surface area (Å²) in [6, 6.07) is 2.92. The second-order valence-corrected chi connectivity index (χ2v) is 4.20. The highest BCUT2D eigenvalue weighted by atomic mass is 16.6. The zero-order valence-electron chi connectivity index (χ0n) is 10.4. The van der Waals surface area contributed by atoms with E-state index in [2.05, 4.69) is 10.3 Å². The van der Waals surface area contributed by atoms with Crippen molar-refractivity contribution in [3.8, 4) is 0 Å². The van der Waals surface area contributed by atoms with Crippen LogP contribution in [0.15, 0.2) is 12.1 Å².